The number of hydrogen-bond acceptors (Lipinski definition) is 2. The minimum Gasteiger partial charge on any atom is -0.282 e. The largest absolute Gasteiger partial charge is 0.343 e. The predicted octanol–water partition coefficient (Wildman–Crippen LogP) is 0.375. The summed E-state index contributed by atoms with van der Waals surface area (Å²) in [7, 11) is 0. The maximum atomic E-state index is 10.9. The fourth-order valence-corrected chi connectivity index (χ4v) is 0.939. The Balaban J connectivity index is 2.30. The molecule has 0 saturated heterocycles. The summed E-state index contributed by atoms with van der Waals surface area (Å²) in [6, 6.07) is 0. The molecule has 1 N–H and O–H groups in total. The fraction of sp³-hybridized carbons (Fsp3) is 0.500. The predicted molar refractivity (Wildman–Crippen MR) is 45.5 cm³/mol. The summed E-state index contributed by atoms with van der Waals surface area (Å²) in [4.78, 5) is 10.9. The summed E-state index contributed by atoms with van der Waals surface area (Å²) in [6.45, 7) is 0.691. The van der Waals surface area contributed by atoms with Crippen molar-refractivity contribution in [3.05, 3.63) is 16.8 Å². The first kappa shape index (κ1) is 8.60. The minimum absolute atomic E-state index is 0.157. The topological polar surface area (TPSA) is 50.7 Å². The average molecular weight is 165 g/mol. The first-order valence-corrected chi connectivity index (χ1v) is 3.88. The minimum atomic E-state index is -0.157. The van der Waals surface area contributed by atoms with E-state index in [0.29, 0.717) is 6.54 Å². The molecule has 0 saturated carbocycles. The number of unbranched alkanes of at least 4 members (excludes halogenated alkanes) is 2. The number of H-pyrrole nitrogens is 1. The molecule has 0 aromatic carbocycles. The molecule has 0 aliphatic heterocycles. The van der Waals surface area contributed by atoms with Gasteiger partial charge in [0.2, 0.25) is 0 Å². The summed E-state index contributed by atoms with van der Waals surface area (Å²) < 4.78 is 1.54. The molecule has 0 amide bonds. The molecule has 1 aromatic rings. The zero-order valence-electron chi connectivity index (χ0n) is 6.79. The smallest absolute Gasteiger partial charge is 0.282 e. The lowest BCUT2D eigenvalue weighted by Gasteiger charge is -1.96. The van der Waals surface area contributed by atoms with Gasteiger partial charge in [0.05, 0.1) is 0 Å². The van der Waals surface area contributed by atoms with Crippen molar-refractivity contribution in [3.63, 3.8) is 0 Å². The van der Waals surface area contributed by atoms with E-state index in [1.54, 1.807) is 0 Å². The number of rotatable bonds is 4. The van der Waals surface area contributed by atoms with Crippen molar-refractivity contribution in [2.45, 2.75) is 25.8 Å². The maximum absolute atomic E-state index is 10.9. The molecule has 0 radical (unpaired) electrons. The van der Waals surface area contributed by atoms with E-state index in [9.17, 15) is 4.79 Å². The molecule has 64 valence electrons. The second kappa shape index (κ2) is 4.39. The lowest BCUT2D eigenvalue weighted by Crippen LogP contribution is -2.15. The van der Waals surface area contributed by atoms with Gasteiger partial charge in [-0.2, -0.15) is 5.10 Å². The molecule has 12 heavy (non-hydrogen) atoms. The van der Waals surface area contributed by atoms with Gasteiger partial charge in [-0.1, -0.05) is 0 Å². The Morgan fingerprint density at radius 1 is 1.67 bits per heavy atom. The van der Waals surface area contributed by atoms with Crippen LogP contribution in [0, 0.1) is 12.3 Å². The molecule has 0 fully saturated rings. The summed E-state index contributed by atoms with van der Waals surface area (Å²) >= 11 is 0. The lowest BCUT2D eigenvalue weighted by molar-refractivity contribution is 0.601. The highest BCUT2D eigenvalue weighted by atomic mass is 16.1. The van der Waals surface area contributed by atoms with E-state index in [1.165, 1.54) is 10.9 Å². The van der Waals surface area contributed by atoms with Crippen LogP contribution >= 0.6 is 0 Å². The molecule has 4 heteroatoms. The third-order valence-corrected chi connectivity index (χ3v) is 1.59. The van der Waals surface area contributed by atoms with E-state index in [-0.39, 0.29) is 5.69 Å². The molecular formula is C8H11N3O. The van der Waals surface area contributed by atoms with Crippen LogP contribution in [0.5, 0.6) is 0 Å². The molecule has 1 aromatic heterocycles. The van der Waals surface area contributed by atoms with Gasteiger partial charge in [0.1, 0.15) is 6.33 Å². The number of aromatic amines is 1. The Kier molecular flexibility index (Phi) is 3.15. The fourth-order valence-electron chi connectivity index (χ4n) is 0.939. The number of hydrogen-bond donors (Lipinski definition) is 1. The molecule has 1 rings (SSSR count). The highest BCUT2D eigenvalue weighted by molar-refractivity contribution is 4.82. The average Bonchev–Trinajstić information content (AvgIpc) is 2.46. The first-order chi connectivity index (χ1) is 5.84. The van der Waals surface area contributed by atoms with Crippen LogP contribution in [0.1, 0.15) is 19.3 Å². The van der Waals surface area contributed by atoms with E-state index >= 15 is 0 Å². The van der Waals surface area contributed by atoms with Crippen LogP contribution in [0.4, 0.5) is 0 Å². The molecule has 4 nitrogen and oxygen atoms in total. The molecule has 1 heterocycles. The van der Waals surface area contributed by atoms with E-state index in [4.69, 9.17) is 6.42 Å². The van der Waals surface area contributed by atoms with Crippen molar-refractivity contribution < 1.29 is 0 Å². The van der Waals surface area contributed by atoms with Crippen molar-refractivity contribution in [2.24, 2.45) is 0 Å². The number of nitrogens with one attached hydrogen (secondary N) is 1. The van der Waals surface area contributed by atoms with E-state index in [2.05, 4.69) is 16.1 Å². The molecule has 0 aliphatic carbocycles. The van der Waals surface area contributed by atoms with Crippen LogP contribution in [0.25, 0.3) is 0 Å². The number of aryl methyl sites for hydroxylation is 1. The Morgan fingerprint density at radius 2 is 2.50 bits per heavy atom. The summed E-state index contributed by atoms with van der Waals surface area (Å²) in [5, 5.41) is 5.93. The van der Waals surface area contributed by atoms with E-state index in [0.717, 1.165) is 19.3 Å². The van der Waals surface area contributed by atoms with Crippen molar-refractivity contribution in [1.82, 2.24) is 14.8 Å². The van der Waals surface area contributed by atoms with Gasteiger partial charge in [0.15, 0.2) is 0 Å². The molecule has 0 bridgehead atoms. The zero-order chi connectivity index (χ0) is 8.81. The summed E-state index contributed by atoms with van der Waals surface area (Å²) in [5.74, 6) is 2.55. The SMILES string of the molecule is C#CCCCCn1cn[nH]c1=O. The van der Waals surface area contributed by atoms with Crippen LogP contribution in [0.3, 0.4) is 0 Å². The van der Waals surface area contributed by atoms with Gasteiger partial charge in [0.25, 0.3) is 0 Å². The van der Waals surface area contributed by atoms with Crippen molar-refractivity contribution in [3.8, 4) is 12.3 Å². The molecule has 0 spiro atoms. The van der Waals surface area contributed by atoms with Gasteiger partial charge in [-0.15, -0.1) is 12.3 Å². The number of nitrogens with zero attached hydrogens (tertiary/aromatic N) is 2. The third-order valence-electron chi connectivity index (χ3n) is 1.59. The maximum Gasteiger partial charge on any atom is 0.343 e. The van der Waals surface area contributed by atoms with Crippen molar-refractivity contribution in [1.29, 1.82) is 0 Å². The van der Waals surface area contributed by atoms with Gasteiger partial charge in [-0.05, 0) is 12.8 Å². The molecular weight excluding hydrogens is 154 g/mol. The van der Waals surface area contributed by atoms with Crippen LogP contribution in [-0.4, -0.2) is 14.8 Å². The quantitative estimate of drug-likeness (QED) is 0.517. The molecule has 0 unspecified atom stereocenters. The Bertz CT molecular complexity index is 318. The van der Waals surface area contributed by atoms with Crippen molar-refractivity contribution in [2.75, 3.05) is 0 Å². The monoisotopic (exact) mass is 165 g/mol. The third kappa shape index (κ3) is 2.27. The number of terminal acetylenes is 1. The number of aromatic nitrogens is 3. The Hall–Kier alpha value is -1.50. The zero-order valence-corrected chi connectivity index (χ0v) is 6.79. The van der Waals surface area contributed by atoms with Gasteiger partial charge in [0, 0.05) is 13.0 Å². The molecule has 0 atom stereocenters. The van der Waals surface area contributed by atoms with Crippen LogP contribution in [-0.2, 0) is 6.54 Å². The summed E-state index contributed by atoms with van der Waals surface area (Å²) in [6.07, 6.45) is 9.22. The second-order valence-corrected chi connectivity index (χ2v) is 2.52. The van der Waals surface area contributed by atoms with Gasteiger partial charge < -0.3 is 0 Å². The van der Waals surface area contributed by atoms with Crippen LogP contribution in [0.2, 0.25) is 0 Å². The Labute approximate surface area is 70.6 Å². The van der Waals surface area contributed by atoms with E-state index < -0.39 is 0 Å². The van der Waals surface area contributed by atoms with Gasteiger partial charge >= 0.3 is 5.69 Å². The highest BCUT2D eigenvalue weighted by Gasteiger charge is 1.94. The highest BCUT2D eigenvalue weighted by Crippen LogP contribution is 1.94. The second-order valence-electron chi connectivity index (χ2n) is 2.52. The van der Waals surface area contributed by atoms with Gasteiger partial charge in [-0.25, -0.2) is 9.89 Å². The lowest BCUT2D eigenvalue weighted by atomic mass is 10.2. The molecule has 0 aliphatic rings. The Morgan fingerprint density at radius 3 is 3.08 bits per heavy atom. The normalized spacial score (nSPS) is 9.58. The summed E-state index contributed by atoms with van der Waals surface area (Å²) in [5.41, 5.74) is -0.157. The van der Waals surface area contributed by atoms with Gasteiger partial charge in [-0.3, -0.25) is 4.57 Å². The van der Waals surface area contributed by atoms with Crippen LogP contribution < -0.4 is 5.69 Å². The standard InChI is InChI=1S/C8H11N3O/c1-2-3-4-5-6-11-7-9-10-8(11)12/h1,7H,3-6H2,(H,10,12). The van der Waals surface area contributed by atoms with Crippen molar-refractivity contribution >= 4 is 0 Å². The van der Waals surface area contributed by atoms with E-state index in [1.807, 2.05) is 0 Å². The van der Waals surface area contributed by atoms with Crippen LogP contribution in [0.15, 0.2) is 11.1 Å². The first-order valence-electron chi connectivity index (χ1n) is 3.88.